The lowest BCUT2D eigenvalue weighted by molar-refractivity contribution is 0.404. The van der Waals surface area contributed by atoms with Gasteiger partial charge in [-0.3, -0.25) is 0 Å². The summed E-state index contributed by atoms with van der Waals surface area (Å²) in [5, 5.41) is 3.55. The van der Waals surface area contributed by atoms with E-state index in [1.165, 1.54) is 11.1 Å². The van der Waals surface area contributed by atoms with E-state index in [1.54, 1.807) is 14.2 Å². The largest absolute Gasteiger partial charge is 0.497 e. The molecule has 0 saturated heterocycles. The normalized spacial score (nSPS) is 11.8. The molecule has 2 rings (SSSR count). The van der Waals surface area contributed by atoms with Gasteiger partial charge in [0.25, 0.3) is 0 Å². The van der Waals surface area contributed by atoms with Crippen molar-refractivity contribution in [2.75, 3.05) is 19.5 Å². The van der Waals surface area contributed by atoms with Crippen LogP contribution in [-0.2, 0) is 0 Å². The van der Waals surface area contributed by atoms with Crippen molar-refractivity contribution in [3.05, 3.63) is 53.6 Å². The zero-order chi connectivity index (χ0) is 15.2. The molecule has 0 fully saturated rings. The van der Waals surface area contributed by atoms with Gasteiger partial charge in [-0.2, -0.15) is 0 Å². The van der Waals surface area contributed by atoms with Crippen molar-refractivity contribution in [2.45, 2.75) is 26.3 Å². The minimum absolute atomic E-state index is 0.242. The molecule has 0 heterocycles. The molecule has 0 saturated carbocycles. The number of aryl methyl sites for hydroxylation is 1. The predicted octanol–water partition coefficient (Wildman–Crippen LogP) is 4.58. The molecule has 21 heavy (non-hydrogen) atoms. The van der Waals surface area contributed by atoms with E-state index < -0.39 is 0 Å². The maximum atomic E-state index is 5.43. The Bertz CT molecular complexity index is 578. The molecule has 2 aromatic carbocycles. The summed E-state index contributed by atoms with van der Waals surface area (Å²) in [5.41, 5.74) is 3.49. The Balaban J connectivity index is 2.27. The summed E-state index contributed by atoms with van der Waals surface area (Å²) in [6.07, 6.45) is 0.990. The maximum absolute atomic E-state index is 5.43. The molecule has 0 aliphatic heterocycles. The molecule has 0 aliphatic rings. The van der Waals surface area contributed by atoms with Crippen LogP contribution in [0.5, 0.6) is 11.5 Å². The van der Waals surface area contributed by atoms with Gasteiger partial charge in [-0.1, -0.05) is 36.8 Å². The van der Waals surface area contributed by atoms with Crippen molar-refractivity contribution in [3.63, 3.8) is 0 Å². The third kappa shape index (κ3) is 3.69. The molecule has 3 heteroatoms. The highest BCUT2D eigenvalue weighted by Crippen LogP contribution is 2.32. The fourth-order valence-electron chi connectivity index (χ4n) is 2.33. The van der Waals surface area contributed by atoms with E-state index >= 15 is 0 Å². The molecule has 0 aromatic heterocycles. The lowest BCUT2D eigenvalue weighted by Crippen LogP contribution is -2.10. The molecule has 1 N–H and O–H groups in total. The number of benzene rings is 2. The van der Waals surface area contributed by atoms with Gasteiger partial charge in [0.2, 0.25) is 0 Å². The lowest BCUT2D eigenvalue weighted by Gasteiger charge is -2.21. The molecule has 112 valence electrons. The molecular weight excluding hydrogens is 262 g/mol. The standard InChI is InChI=1S/C18H23NO2/c1-5-16(14-8-6-13(2)7-9-14)19-17-12-15(20-3)10-11-18(17)21-4/h6-12,16,19H,5H2,1-4H3. The smallest absolute Gasteiger partial charge is 0.142 e. The molecule has 0 amide bonds. The summed E-state index contributed by atoms with van der Waals surface area (Å²) in [4.78, 5) is 0. The SMILES string of the molecule is CCC(Nc1cc(OC)ccc1OC)c1ccc(C)cc1. The van der Waals surface area contributed by atoms with Crippen molar-refractivity contribution < 1.29 is 9.47 Å². The van der Waals surface area contributed by atoms with Gasteiger partial charge in [-0.25, -0.2) is 0 Å². The lowest BCUT2D eigenvalue weighted by atomic mass is 10.0. The predicted molar refractivity (Wildman–Crippen MR) is 87.4 cm³/mol. The van der Waals surface area contributed by atoms with Crippen molar-refractivity contribution in [3.8, 4) is 11.5 Å². The van der Waals surface area contributed by atoms with Crippen molar-refractivity contribution >= 4 is 5.69 Å². The molecular formula is C18H23NO2. The van der Waals surface area contributed by atoms with Gasteiger partial charge in [0.15, 0.2) is 0 Å². The molecule has 0 spiro atoms. The summed E-state index contributed by atoms with van der Waals surface area (Å²) < 4.78 is 10.7. The van der Waals surface area contributed by atoms with Crippen LogP contribution >= 0.6 is 0 Å². The Hall–Kier alpha value is -2.16. The Labute approximate surface area is 126 Å². The Morgan fingerprint density at radius 3 is 2.29 bits per heavy atom. The third-order valence-corrected chi connectivity index (χ3v) is 3.62. The number of nitrogens with one attached hydrogen (secondary N) is 1. The van der Waals surface area contributed by atoms with Crippen LogP contribution in [0.25, 0.3) is 0 Å². The van der Waals surface area contributed by atoms with Crippen LogP contribution in [-0.4, -0.2) is 14.2 Å². The molecule has 1 unspecified atom stereocenters. The second kappa shape index (κ2) is 7.02. The van der Waals surface area contributed by atoms with Crippen LogP contribution in [0.15, 0.2) is 42.5 Å². The van der Waals surface area contributed by atoms with E-state index in [0.29, 0.717) is 0 Å². The highest BCUT2D eigenvalue weighted by Gasteiger charge is 2.12. The van der Waals surface area contributed by atoms with E-state index in [2.05, 4.69) is 43.4 Å². The van der Waals surface area contributed by atoms with Gasteiger partial charge in [-0.05, 0) is 31.0 Å². The quantitative estimate of drug-likeness (QED) is 0.843. The van der Waals surface area contributed by atoms with Gasteiger partial charge in [0.05, 0.1) is 25.9 Å². The molecule has 1 atom stereocenters. The summed E-state index contributed by atoms with van der Waals surface area (Å²) in [5.74, 6) is 1.64. The minimum atomic E-state index is 0.242. The minimum Gasteiger partial charge on any atom is -0.497 e. The summed E-state index contributed by atoms with van der Waals surface area (Å²) >= 11 is 0. The summed E-state index contributed by atoms with van der Waals surface area (Å²) in [7, 11) is 3.35. The average Bonchev–Trinajstić information content (AvgIpc) is 2.53. The van der Waals surface area contributed by atoms with Crippen molar-refractivity contribution in [2.24, 2.45) is 0 Å². The van der Waals surface area contributed by atoms with Crippen LogP contribution in [0, 0.1) is 6.92 Å². The summed E-state index contributed by atoms with van der Waals surface area (Å²) in [6, 6.07) is 14.7. The first-order chi connectivity index (χ1) is 10.2. The second-order valence-corrected chi connectivity index (χ2v) is 5.08. The van der Waals surface area contributed by atoms with Crippen LogP contribution in [0.1, 0.15) is 30.5 Å². The summed E-state index contributed by atoms with van der Waals surface area (Å²) in [6.45, 7) is 4.27. The van der Waals surface area contributed by atoms with Gasteiger partial charge in [-0.15, -0.1) is 0 Å². The highest BCUT2D eigenvalue weighted by molar-refractivity contribution is 5.60. The first kappa shape index (κ1) is 15.2. The molecule has 0 radical (unpaired) electrons. The van der Waals surface area contributed by atoms with Crippen LogP contribution in [0.2, 0.25) is 0 Å². The number of rotatable bonds is 6. The van der Waals surface area contributed by atoms with E-state index in [1.807, 2.05) is 18.2 Å². The first-order valence-electron chi connectivity index (χ1n) is 7.23. The van der Waals surface area contributed by atoms with Gasteiger partial charge >= 0.3 is 0 Å². The highest BCUT2D eigenvalue weighted by atomic mass is 16.5. The van der Waals surface area contributed by atoms with E-state index in [-0.39, 0.29) is 6.04 Å². The Morgan fingerprint density at radius 1 is 1.00 bits per heavy atom. The molecule has 0 bridgehead atoms. The zero-order valence-corrected chi connectivity index (χ0v) is 13.1. The van der Waals surface area contributed by atoms with Crippen molar-refractivity contribution in [1.82, 2.24) is 0 Å². The Kier molecular flexibility index (Phi) is 5.09. The second-order valence-electron chi connectivity index (χ2n) is 5.08. The van der Waals surface area contributed by atoms with Crippen LogP contribution < -0.4 is 14.8 Å². The number of methoxy groups -OCH3 is 2. The van der Waals surface area contributed by atoms with Gasteiger partial charge in [0.1, 0.15) is 11.5 Å². The fraction of sp³-hybridized carbons (Fsp3) is 0.333. The number of ether oxygens (including phenoxy) is 2. The first-order valence-corrected chi connectivity index (χ1v) is 7.23. The van der Waals surface area contributed by atoms with E-state index in [4.69, 9.17) is 9.47 Å². The fourth-order valence-corrected chi connectivity index (χ4v) is 2.33. The maximum Gasteiger partial charge on any atom is 0.142 e. The third-order valence-electron chi connectivity index (χ3n) is 3.62. The number of anilines is 1. The number of hydrogen-bond donors (Lipinski definition) is 1. The Morgan fingerprint density at radius 2 is 1.71 bits per heavy atom. The number of hydrogen-bond acceptors (Lipinski definition) is 3. The average molecular weight is 285 g/mol. The van der Waals surface area contributed by atoms with Crippen LogP contribution in [0.3, 0.4) is 0 Å². The zero-order valence-electron chi connectivity index (χ0n) is 13.1. The topological polar surface area (TPSA) is 30.5 Å². The molecule has 3 nitrogen and oxygen atoms in total. The van der Waals surface area contributed by atoms with Crippen molar-refractivity contribution in [1.29, 1.82) is 0 Å². The van der Waals surface area contributed by atoms with Crippen LogP contribution in [0.4, 0.5) is 5.69 Å². The van der Waals surface area contributed by atoms with E-state index in [9.17, 15) is 0 Å². The van der Waals surface area contributed by atoms with E-state index in [0.717, 1.165) is 23.6 Å². The molecule has 0 aliphatic carbocycles. The van der Waals surface area contributed by atoms with Gasteiger partial charge < -0.3 is 14.8 Å². The van der Waals surface area contributed by atoms with Gasteiger partial charge in [0, 0.05) is 6.07 Å². The molecule has 2 aromatic rings. The monoisotopic (exact) mass is 285 g/mol.